The Hall–Kier alpha value is -3.48. The summed E-state index contributed by atoms with van der Waals surface area (Å²) in [6.45, 7) is 2.18. The molecule has 0 radical (unpaired) electrons. The third kappa shape index (κ3) is 4.40. The number of nitrogens with one attached hydrogen (secondary N) is 1. The standard InChI is InChI=1S/C26H19ClN2O3S/c1-15-6-9-18(32-15)14-28-26(31)17-8-11-24-21(13-17)29-25(16-7-10-22(30)20(27)12-16)19-4-2-3-5-23(19)33-24/h2-13,30H,14H2,1H3,(H,28,31). The molecule has 0 aliphatic carbocycles. The maximum atomic E-state index is 12.8. The van der Waals surface area contributed by atoms with Crippen LogP contribution in [0.1, 0.15) is 33.0 Å². The summed E-state index contributed by atoms with van der Waals surface area (Å²) in [6, 6.07) is 22.3. The molecule has 1 amide bonds. The van der Waals surface area contributed by atoms with Crippen LogP contribution in [0.3, 0.4) is 0 Å². The van der Waals surface area contributed by atoms with Gasteiger partial charge in [-0.15, -0.1) is 0 Å². The molecule has 0 unspecified atom stereocenters. The average molecular weight is 475 g/mol. The number of phenolic OH excluding ortho intramolecular Hbond substituents is 1. The summed E-state index contributed by atoms with van der Waals surface area (Å²) in [5.41, 5.74) is 3.66. The smallest absolute Gasteiger partial charge is 0.251 e. The van der Waals surface area contributed by atoms with E-state index in [9.17, 15) is 9.90 Å². The Labute approximate surface area is 200 Å². The van der Waals surface area contributed by atoms with Gasteiger partial charge in [-0.1, -0.05) is 41.6 Å². The van der Waals surface area contributed by atoms with Crippen molar-refractivity contribution in [3.05, 3.63) is 106 Å². The molecular formula is C26H19ClN2O3S. The van der Waals surface area contributed by atoms with Gasteiger partial charge < -0.3 is 14.8 Å². The fourth-order valence-electron chi connectivity index (χ4n) is 3.61. The van der Waals surface area contributed by atoms with Crippen molar-refractivity contribution in [3.8, 4) is 5.75 Å². The summed E-state index contributed by atoms with van der Waals surface area (Å²) < 4.78 is 5.53. The predicted molar refractivity (Wildman–Crippen MR) is 130 cm³/mol. The summed E-state index contributed by atoms with van der Waals surface area (Å²) >= 11 is 7.78. The topological polar surface area (TPSA) is 74.8 Å². The monoisotopic (exact) mass is 474 g/mol. The lowest BCUT2D eigenvalue weighted by atomic mass is 10.0. The molecule has 33 heavy (non-hydrogen) atoms. The van der Waals surface area contributed by atoms with Crippen molar-refractivity contribution in [2.45, 2.75) is 23.3 Å². The molecule has 0 fully saturated rings. The maximum Gasteiger partial charge on any atom is 0.251 e. The highest BCUT2D eigenvalue weighted by molar-refractivity contribution is 7.99. The third-order valence-corrected chi connectivity index (χ3v) is 6.70. The summed E-state index contributed by atoms with van der Waals surface area (Å²) in [4.78, 5) is 19.7. The minimum atomic E-state index is -0.206. The zero-order chi connectivity index (χ0) is 22.9. The number of halogens is 1. The predicted octanol–water partition coefficient (Wildman–Crippen LogP) is 6.51. The third-order valence-electron chi connectivity index (χ3n) is 5.26. The van der Waals surface area contributed by atoms with Crippen LogP contribution in [0, 0.1) is 6.92 Å². The number of amides is 1. The van der Waals surface area contributed by atoms with Crippen LogP contribution < -0.4 is 5.32 Å². The van der Waals surface area contributed by atoms with E-state index in [2.05, 4.69) is 5.32 Å². The molecular weight excluding hydrogens is 456 g/mol. The van der Waals surface area contributed by atoms with E-state index < -0.39 is 0 Å². The second-order valence-corrected chi connectivity index (χ2v) is 9.09. The lowest BCUT2D eigenvalue weighted by Gasteiger charge is -2.10. The molecule has 0 saturated heterocycles. The van der Waals surface area contributed by atoms with Crippen molar-refractivity contribution in [3.63, 3.8) is 0 Å². The molecule has 7 heteroatoms. The van der Waals surface area contributed by atoms with E-state index in [1.807, 2.05) is 49.4 Å². The molecule has 1 aliphatic rings. The highest BCUT2D eigenvalue weighted by Gasteiger charge is 2.20. The number of furan rings is 1. The normalized spacial score (nSPS) is 12.4. The lowest BCUT2D eigenvalue weighted by Crippen LogP contribution is -2.22. The number of aliphatic imine (C=N–C) groups is 1. The Morgan fingerprint density at radius 2 is 1.91 bits per heavy atom. The van der Waals surface area contributed by atoms with Crippen LogP contribution in [0.4, 0.5) is 5.69 Å². The molecule has 5 nitrogen and oxygen atoms in total. The van der Waals surface area contributed by atoms with Gasteiger partial charge >= 0.3 is 0 Å². The number of hydrogen-bond donors (Lipinski definition) is 2. The molecule has 0 bridgehead atoms. The van der Waals surface area contributed by atoms with Crippen molar-refractivity contribution in [1.29, 1.82) is 0 Å². The second-order valence-electron chi connectivity index (χ2n) is 7.60. The van der Waals surface area contributed by atoms with E-state index in [-0.39, 0.29) is 16.7 Å². The van der Waals surface area contributed by atoms with Crippen molar-refractivity contribution in [2.75, 3.05) is 0 Å². The summed E-state index contributed by atoms with van der Waals surface area (Å²) in [5.74, 6) is 1.31. The number of benzene rings is 3. The van der Waals surface area contributed by atoms with Crippen LogP contribution in [-0.2, 0) is 6.54 Å². The minimum Gasteiger partial charge on any atom is -0.506 e. The Kier molecular flexibility index (Phi) is 5.70. The molecule has 164 valence electrons. The van der Waals surface area contributed by atoms with Crippen LogP contribution >= 0.6 is 23.4 Å². The van der Waals surface area contributed by atoms with Gasteiger partial charge in [0.25, 0.3) is 5.91 Å². The van der Waals surface area contributed by atoms with Crippen LogP contribution in [-0.4, -0.2) is 16.7 Å². The average Bonchev–Trinajstić information content (AvgIpc) is 3.16. The molecule has 5 rings (SSSR count). The fourth-order valence-corrected chi connectivity index (χ4v) is 4.79. The molecule has 4 aromatic rings. The number of carbonyl (C=O) groups excluding carboxylic acids is 1. The van der Waals surface area contributed by atoms with Gasteiger partial charge in [-0.2, -0.15) is 0 Å². The van der Waals surface area contributed by atoms with Crippen molar-refractivity contribution in [1.82, 2.24) is 5.32 Å². The first-order chi connectivity index (χ1) is 16.0. The van der Waals surface area contributed by atoms with Crippen molar-refractivity contribution < 1.29 is 14.3 Å². The number of aromatic hydroxyl groups is 1. The number of hydrogen-bond acceptors (Lipinski definition) is 5. The van der Waals surface area contributed by atoms with Crippen LogP contribution in [0.5, 0.6) is 5.75 Å². The van der Waals surface area contributed by atoms with E-state index in [0.717, 1.165) is 32.4 Å². The first kappa shape index (κ1) is 21.4. The molecule has 0 spiro atoms. The van der Waals surface area contributed by atoms with Gasteiger partial charge in [0.2, 0.25) is 0 Å². The summed E-state index contributed by atoms with van der Waals surface area (Å²) in [7, 11) is 0. The first-order valence-corrected chi connectivity index (χ1v) is 11.5. The summed E-state index contributed by atoms with van der Waals surface area (Å²) in [5, 5.41) is 13.0. The van der Waals surface area contributed by atoms with Crippen LogP contribution in [0.15, 0.2) is 92.0 Å². The minimum absolute atomic E-state index is 0.0170. The van der Waals surface area contributed by atoms with E-state index in [4.69, 9.17) is 21.0 Å². The number of phenols is 1. The van der Waals surface area contributed by atoms with Gasteiger partial charge in [0.05, 0.1) is 23.0 Å². The zero-order valence-corrected chi connectivity index (χ0v) is 19.2. The lowest BCUT2D eigenvalue weighted by molar-refractivity contribution is 0.0948. The molecule has 1 aliphatic heterocycles. The Balaban J connectivity index is 1.53. The first-order valence-electron chi connectivity index (χ1n) is 10.3. The molecule has 0 atom stereocenters. The number of fused-ring (bicyclic) bond motifs is 2. The number of aryl methyl sites for hydroxylation is 1. The largest absolute Gasteiger partial charge is 0.506 e. The second kappa shape index (κ2) is 8.81. The van der Waals surface area contributed by atoms with Crippen LogP contribution in [0.2, 0.25) is 5.02 Å². The fraction of sp³-hybridized carbons (Fsp3) is 0.0769. The quantitative estimate of drug-likeness (QED) is 0.311. The number of nitrogens with zero attached hydrogens (tertiary/aromatic N) is 1. The molecule has 0 saturated carbocycles. The molecule has 2 heterocycles. The van der Waals surface area contributed by atoms with Gasteiger partial charge in [-0.05, 0) is 61.5 Å². The van der Waals surface area contributed by atoms with Crippen molar-refractivity contribution in [2.24, 2.45) is 4.99 Å². The molecule has 3 aromatic carbocycles. The number of carbonyl (C=O) groups is 1. The highest BCUT2D eigenvalue weighted by Crippen LogP contribution is 2.42. The molecule has 2 N–H and O–H groups in total. The Bertz CT molecular complexity index is 1410. The summed E-state index contributed by atoms with van der Waals surface area (Å²) in [6.07, 6.45) is 0. The van der Waals surface area contributed by atoms with Gasteiger partial charge in [0, 0.05) is 26.5 Å². The van der Waals surface area contributed by atoms with Crippen molar-refractivity contribution >= 4 is 40.7 Å². The van der Waals surface area contributed by atoms with E-state index in [1.165, 1.54) is 0 Å². The van der Waals surface area contributed by atoms with Gasteiger partial charge in [-0.3, -0.25) is 4.79 Å². The Morgan fingerprint density at radius 1 is 1.06 bits per heavy atom. The Morgan fingerprint density at radius 3 is 2.70 bits per heavy atom. The van der Waals surface area contributed by atoms with E-state index in [1.54, 1.807) is 42.1 Å². The van der Waals surface area contributed by atoms with Crippen LogP contribution in [0.25, 0.3) is 0 Å². The SMILES string of the molecule is Cc1ccc(CNC(=O)c2ccc3c(c2)N=C(c2ccc(O)c(Cl)c2)c2ccccc2S3)o1. The van der Waals surface area contributed by atoms with Gasteiger partial charge in [-0.25, -0.2) is 4.99 Å². The molecule has 1 aromatic heterocycles. The zero-order valence-electron chi connectivity index (χ0n) is 17.6. The van der Waals surface area contributed by atoms with E-state index >= 15 is 0 Å². The van der Waals surface area contributed by atoms with Gasteiger partial charge in [0.15, 0.2) is 0 Å². The van der Waals surface area contributed by atoms with E-state index in [0.29, 0.717) is 23.6 Å². The van der Waals surface area contributed by atoms with Gasteiger partial charge in [0.1, 0.15) is 17.3 Å². The highest BCUT2D eigenvalue weighted by atomic mass is 35.5. The number of rotatable bonds is 4. The maximum absolute atomic E-state index is 12.8.